The van der Waals surface area contributed by atoms with E-state index in [0.717, 1.165) is 21.7 Å². The first-order chi connectivity index (χ1) is 8.20. The summed E-state index contributed by atoms with van der Waals surface area (Å²) in [6.45, 7) is 2.04. The van der Waals surface area contributed by atoms with Gasteiger partial charge in [0, 0.05) is 5.30 Å². The molecule has 2 N–H and O–H groups in total. The highest BCUT2D eigenvalue weighted by atomic mass is 31.1. The van der Waals surface area contributed by atoms with Crippen molar-refractivity contribution >= 4 is 19.2 Å². The Morgan fingerprint density at radius 3 is 2.59 bits per heavy atom. The second kappa shape index (κ2) is 5.31. The van der Waals surface area contributed by atoms with Crippen LogP contribution in [0.3, 0.4) is 0 Å². The molecule has 2 aromatic carbocycles. The Hall–Kier alpha value is -1.37. The Morgan fingerprint density at radius 2 is 1.82 bits per heavy atom. The zero-order valence-electron chi connectivity index (χ0n) is 9.64. The summed E-state index contributed by atoms with van der Waals surface area (Å²) < 4.78 is 0. The Morgan fingerprint density at radius 1 is 1.06 bits per heavy atom. The van der Waals surface area contributed by atoms with E-state index in [1.807, 2.05) is 43.3 Å². The molecule has 88 valence electrons. The minimum absolute atomic E-state index is 0.0375. The number of aliphatic hydroxyl groups excluding tert-OH is 1. The summed E-state index contributed by atoms with van der Waals surface area (Å²) in [6.07, 6.45) is 0. The summed E-state index contributed by atoms with van der Waals surface area (Å²) in [7, 11) is 0.368. The molecule has 0 bridgehead atoms. The van der Waals surface area contributed by atoms with Gasteiger partial charge in [0.25, 0.3) is 0 Å². The van der Waals surface area contributed by atoms with Crippen LogP contribution in [0.2, 0.25) is 0 Å². The molecule has 0 spiro atoms. The Bertz CT molecular complexity index is 523. The number of aromatic hydroxyl groups is 1. The van der Waals surface area contributed by atoms with E-state index in [1.165, 1.54) is 0 Å². The van der Waals surface area contributed by atoms with Gasteiger partial charge in [-0.1, -0.05) is 44.5 Å². The van der Waals surface area contributed by atoms with E-state index in [-0.39, 0.29) is 6.61 Å². The molecule has 3 heteroatoms. The molecule has 0 heterocycles. The summed E-state index contributed by atoms with van der Waals surface area (Å²) in [5.74, 6) is 0.321. The molecule has 0 amide bonds. The number of benzene rings is 2. The second-order valence-corrected chi connectivity index (χ2v) is 5.29. The molecular formula is C14H15O2P. The van der Waals surface area contributed by atoms with E-state index in [9.17, 15) is 10.2 Å². The van der Waals surface area contributed by atoms with Crippen molar-refractivity contribution in [3.05, 3.63) is 53.6 Å². The number of hydrogen-bond acceptors (Lipinski definition) is 2. The first kappa shape index (κ1) is 12.1. The quantitative estimate of drug-likeness (QED) is 0.811. The lowest BCUT2D eigenvalue weighted by atomic mass is 10.2. The van der Waals surface area contributed by atoms with Crippen LogP contribution < -0.4 is 10.6 Å². The van der Waals surface area contributed by atoms with Gasteiger partial charge in [-0.05, 0) is 29.9 Å². The molecule has 2 aromatic rings. The van der Waals surface area contributed by atoms with E-state index < -0.39 is 0 Å². The van der Waals surface area contributed by atoms with Crippen LogP contribution in [0, 0.1) is 6.92 Å². The molecule has 0 saturated carbocycles. The van der Waals surface area contributed by atoms with Crippen molar-refractivity contribution in [3.63, 3.8) is 0 Å². The van der Waals surface area contributed by atoms with Gasteiger partial charge in [-0.15, -0.1) is 0 Å². The zero-order chi connectivity index (χ0) is 12.3. The van der Waals surface area contributed by atoms with E-state index in [4.69, 9.17) is 0 Å². The normalized spacial score (nSPS) is 11.2. The van der Waals surface area contributed by atoms with Crippen LogP contribution in [-0.4, -0.2) is 10.2 Å². The van der Waals surface area contributed by atoms with Crippen molar-refractivity contribution in [3.8, 4) is 5.75 Å². The smallest absolute Gasteiger partial charge is 0.123 e. The number of phenols is 1. The van der Waals surface area contributed by atoms with Gasteiger partial charge < -0.3 is 10.2 Å². The van der Waals surface area contributed by atoms with Gasteiger partial charge in [-0.2, -0.15) is 0 Å². The summed E-state index contributed by atoms with van der Waals surface area (Å²) in [6, 6.07) is 13.4. The highest BCUT2D eigenvalue weighted by Gasteiger charge is 2.06. The van der Waals surface area contributed by atoms with E-state index >= 15 is 0 Å². The van der Waals surface area contributed by atoms with Gasteiger partial charge in [-0.25, -0.2) is 0 Å². The first-order valence-corrected chi connectivity index (χ1v) is 6.46. The van der Waals surface area contributed by atoms with Crippen LogP contribution in [0.4, 0.5) is 0 Å². The van der Waals surface area contributed by atoms with Crippen LogP contribution in [-0.2, 0) is 6.61 Å². The lowest BCUT2D eigenvalue weighted by Crippen LogP contribution is -2.09. The minimum atomic E-state index is 0.0375. The van der Waals surface area contributed by atoms with Crippen LogP contribution in [0.15, 0.2) is 42.5 Å². The number of aliphatic hydroxyl groups is 1. The molecule has 0 aliphatic rings. The van der Waals surface area contributed by atoms with Crippen molar-refractivity contribution in [2.24, 2.45) is 0 Å². The standard InChI is InChI=1S/C14H15O2P/c1-10-6-7-12(16)14(8-10)17-13-5-3-2-4-11(13)9-15/h2-8,15-17H,9H2,1H3. The maximum absolute atomic E-state index is 9.80. The molecule has 1 atom stereocenters. The number of rotatable bonds is 3. The average molecular weight is 246 g/mol. The largest absolute Gasteiger partial charge is 0.507 e. The molecule has 0 saturated heterocycles. The summed E-state index contributed by atoms with van der Waals surface area (Å²) >= 11 is 0. The highest BCUT2D eigenvalue weighted by Crippen LogP contribution is 2.20. The lowest BCUT2D eigenvalue weighted by Gasteiger charge is -2.09. The maximum Gasteiger partial charge on any atom is 0.123 e. The van der Waals surface area contributed by atoms with E-state index in [2.05, 4.69) is 0 Å². The fourth-order valence-electron chi connectivity index (χ4n) is 1.68. The molecule has 0 aromatic heterocycles. The first-order valence-electron chi connectivity index (χ1n) is 5.46. The molecule has 2 nitrogen and oxygen atoms in total. The molecule has 17 heavy (non-hydrogen) atoms. The monoisotopic (exact) mass is 246 g/mol. The van der Waals surface area contributed by atoms with Crippen molar-refractivity contribution in [2.45, 2.75) is 13.5 Å². The van der Waals surface area contributed by atoms with Gasteiger partial charge in [-0.3, -0.25) is 0 Å². The predicted molar refractivity (Wildman–Crippen MR) is 72.8 cm³/mol. The van der Waals surface area contributed by atoms with Gasteiger partial charge in [0.15, 0.2) is 0 Å². The van der Waals surface area contributed by atoms with Gasteiger partial charge >= 0.3 is 0 Å². The number of aryl methyl sites for hydroxylation is 1. The Labute approximate surface area is 103 Å². The van der Waals surface area contributed by atoms with Crippen molar-refractivity contribution in [2.75, 3.05) is 0 Å². The van der Waals surface area contributed by atoms with Gasteiger partial charge in [0.2, 0.25) is 0 Å². The zero-order valence-corrected chi connectivity index (χ0v) is 10.6. The Kier molecular flexibility index (Phi) is 3.78. The number of hydrogen-bond donors (Lipinski definition) is 2. The minimum Gasteiger partial charge on any atom is -0.507 e. The highest BCUT2D eigenvalue weighted by molar-refractivity contribution is 7.55. The van der Waals surface area contributed by atoms with Gasteiger partial charge in [0.1, 0.15) is 5.75 Å². The SMILES string of the molecule is Cc1ccc(O)c(Pc2ccccc2CO)c1. The maximum atomic E-state index is 9.80. The Balaban J connectivity index is 2.34. The lowest BCUT2D eigenvalue weighted by molar-refractivity contribution is 0.283. The van der Waals surface area contributed by atoms with Crippen molar-refractivity contribution < 1.29 is 10.2 Å². The summed E-state index contributed by atoms with van der Waals surface area (Å²) in [5, 5.41) is 21.1. The van der Waals surface area contributed by atoms with Crippen LogP contribution in [0.25, 0.3) is 0 Å². The van der Waals surface area contributed by atoms with Crippen LogP contribution in [0.5, 0.6) is 5.75 Å². The fraction of sp³-hybridized carbons (Fsp3) is 0.143. The average Bonchev–Trinajstić information content (AvgIpc) is 2.34. The van der Waals surface area contributed by atoms with E-state index in [0.29, 0.717) is 14.3 Å². The molecule has 0 aliphatic heterocycles. The third-order valence-electron chi connectivity index (χ3n) is 2.61. The van der Waals surface area contributed by atoms with Crippen LogP contribution >= 0.6 is 8.58 Å². The molecule has 0 aliphatic carbocycles. The molecule has 1 unspecified atom stereocenters. The fourth-order valence-corrected chi connectivity index (χ4v) is 2.98. The predicted octanol–water partition coefficient (Wildman–Crippen LogP) is 1.82. The third kappa shape index (κ3) is 2.85. The molecular weight excluding hydrogens is 231 g/mol. The third-order valence-corrected chi connectivity index (χ3v) is 4.04. The van der Waals surface area contributed by atoms with Crippen LogP contribution in [0.1, 0.15) is 11.1 Å². The summed E-state index contributed by atoms with van der Waals surface area (Å²) in [5.41, 5.74) is 2.05. The molecule has 0 fully saturated rings. The van der Waals surface area contributed by atoms with Crippen molar-refractivity contribution in [1.29, 1.82) is 0 Å². The topological polar surface area (TPSA) is 40.5 Å². The summed E-state index contributed by atoms with van der Waals surface area (Å²) in [4.78, 5) is 0. The number of phenolic OH excluding ortho intramolecular Hbond substituents is 1. The second-order valence-electron chi connectivity index (χ2n) is 3.96. The van der Waals surface area contributed by atoms with Crippen molar-refractivity contribution in [1.82, 2.24) is 0 Å². The van der Waals surface area contributed by atoms with E-state index in [1.54, 1.807) is 6.07 Å². The molecule has 0 radical (unpaired) electrons. The molecule has 2 rings (SSSR count). The van der Waals surface area contributed by atoms with Gasteiger partial charge in [0.05, 0.1) is 6.61 Å².